The van der Waals surface area contributed by atoms with Crippen molar-refractivity contribution in [3.05, 3.63) is 65.7 Å². The van der Waals surface area contributed by atoms with Gasteiger partial charge in [-0.05, 0) is 30.5 Å². The smallest absolute Gasteiger partial charge is 0.262 e. The molecule has 24 heavy (non-hydrogen) atoms. The largest absolute Gasteiger partial charge is 0.359 e. The first-order chi connectivity index (χ1) is 11.7. The molecule has 0 spiro atoms. The molecule has 0 saturated carbocycles. The van der Waals surface area contributed by atoms with Crippen LogP contribution in [0.4, 0.5) is 5.69 Å². The van der Waals surface area contributed by atoms with E-state index < -0.39 is 0 Å². The maximum absolute atomic E-state index is 12.7. The molecule has 1 amide bonds. The Labute approximate surface area is 142 Å². The van der Waals surface area contributed by atoms with Crippen molar-refractivity contribution in [2.75, 3.05) is 18.0 Å². The van der Waals surface area contributed by atoms with Gasteiger partial charge in [-0.15, -0.1) is 0 Å². The monoisotopic (exact) mass is 319 g/mol. The molecule has 0 unspecified atom stereocenters. The quantitative estimate of drug-likeness (QED) is 0.871. The van der Waals surface area contributed by atoms with Crippen LogP contribution in [0.15, 0.2) is 59.7 Å². The topological polar surface area (TPSA) is 35.9 Å². The molecule has 4 nitrogen and oxygen atoms in total. The van der Waals surface area contributed by atoms with E-state index in [2.05, 4.69) is 35.1 Å². The lowest BCUT2D eigenvalue weighted by Crippen LogP contribution is -2.40. The second-order valence-corrected chi connectivity index (χ2v) is 6.49. The highest BCUT2D eigenvalue weighted by atomic mass is 16.2. The Kier molecular flexibility index (Phi) is 3.81. The number of amides is 1. The number of hydrogen-bond acceptors (Lipinski definition) is 3. The Hall–Kier alpha value is -2.62. The Morgan fingerprint density at radius 1 is 1.12 bits per heavy atom. The summed E-state index contributed by atoms with van der Waals surface area (Å²) in [6.45, 7) is 3.24. The average molecular weight is 319 g/mol. The molecule has 0 aromatic heterocycles. The minimum atomic E-state index is 0.0736. The van der Waals surface area contributed by atoms with Crippen molar-refractivity contribution in [3.63, 3.8) is 0 Å². The summed E-state index contributed by atoms with van der Waals surface area (Å²) in [5, 5.41) is 6.19. The fraction of sp³-hybridized carbons (Fsp3) is 0.300. The second-order valence-electron chi connectivity index (χ2n) is 6.49. The zero-order valence-corrected chi connectivity index (χ0v) is 13.9. The van der Waals surface area contributed by atoms with Gasteiger partial charge in [0.15, 0.2) is 0 Å². The third-order valence-electron chi connectivity index (χ3n) is 4.85. The average Bonchev–Trinajstić information content (AvgIpc) is 3.21. The molecule has 0 radical (unpaired) electrons. The highest BCUT2D eigenvalue weighted by Crippen LogP contribution is 2.31. The Morgan fingerprint density at radius 3 is 2.71 bits per heavy atom. The summed E-state index contributed by atoms with van der Waals surface area (Å²) in [4.78, 5) is 14.9. The number of benzene rings is 2. The maximum atomic E-state index is 12.7. The SMILES string of the molecule is C[C@H]1Cc2ccccc2N1CC(=O)N1CCC(c2ccccc2)=N1. The molecule has 4 rings (SSSR count). The number of nitrogens with zero attached hydrogens (tertiary/aromatic N) is 3. The van der Waals surface area contributed by atoms with Gasteiger partial charge < -0.3 is 4.90 Å². The van der Waals surface area contributed by atoms with Crippen LogP contribution in [-0.4, -0.2) is 35.8 Å². The zero-order chi connectivity index (χ0) is 16.5. The number of rotatable bonds is 3. The van der Waals surface area contributed by atoms with Crippen LogP contribution in [0.3, 0.4) is 0 Å². The second kappa shape index (κ2) is 6.11. The van der Waals surface area contributed by atoms with E-state index in [1.54, 1.807) is 5.01 Å². The lowest BCUT2D eigenvalue weighted by atomic mass is 10.1. The van der Waals surface area contributed by atoms with E-state index >= 15 is 0 Å². The molecular weight excluding hydrogens is 298 g/mol. The van der Waals surface area contributed by atoms with Gasteiger partial charge in [-0.3, -0.25) is 4.79 Å². The van der Waals surface area contributed by atoms with Crippen LogP contribution < -0.4 is 4.90 Å². The number of para-hydroxylation sites is 1. The molecule has 0 aliphatic carbocycles. The van der Waals surface area contributed by atoms with E-state index in [-0.39, 0.29) is 5.91 Å². The number of hydrazone groups is 1. The lowest BCUT2D eigenvalue weighted by molar-refractivity contribution is -0.129. The van der Waals surface area contributed by atoms with Gasteiger partial charge in [-0.1, -0.05) is 48.5 Å². The fourth-order valence-corrected chi connectivity index (χ4v) is 3.57. The minimum absolute atomic E-state index is 0.0736. The molecule has 0 fully saturated rings. The van der Waals surface area contributed by atoms with Crippen LogP contribution in [0.25, 0.3) is 0 Å². The van der Waals surface area contributed by atoms with Crippen LogP contribution in [0, 0.1) is 0 Å². The minimum Gasteiger partial charge on any atom is -0.359 e. The van der Waals surface area contributed by atoms with Crippen LogP contribution in [-0.2, 0) is 11.2 Å². The van der Waals surface area contributed by atoms with Crippen molar-refractivity contribution in [2.24, 2.45) is 5.10 Å². The predicted molar refractivity (Wildman–Crippen MR) is 96.3 cm³/mol. The van der Waals surface area contributed by atoms with Crippen LogP contribution in [0.5, 0.6) is 0 Å². The summed E-state index contributed by atoms with van der Waals surface area (Å²) in [6.07, 6.45) is 1.82. The van der Waals surface area contributed by atoms with Crippen molar-refractivity contribution in [3.8, 4) is 0 Å². The summed E-state index contributed by atoms with van der Waals surface area (Å²) in [6, 6.07) is 18.8. The van der Waals surface area contributed by atoms with E-state index in [0.717, 1.165) is 24.1 Å². The van der Waals surface area contributed by atoms with Crippen molar-refractivity contribution in [1.82, 2.24) is 5.01 Å². The molecule has 2 aromatic carbocycles. The van der Waals surface area contributed by atoms with E-state index in [4.69, 9.17) is 0 Å². The van der Waals surface area contributed by atoms with Crippen LogP contribution >= 0.6 is 0 Å². The molecule has 0 saturated heterocycles. The van der Waals surface area contributed by atoms with E-state index in [1.807, 2.05) is 36.4 Å². The van der Waals surface area contributed by atoms with Crippen molar-refractivity contribution in [1.29, 1.82) is 0 Å². The summed E-state index contributed by atoms with van der Waals surface area (Å²) in [5.41, 5.74) is 4.61. The molecule has 122 valence electrons. The van der Waals surface area contributed by atoms with Gasteiger partial charge >= 0.3 is 0 Å². The van der Waals surface area contributed by atoms with Gasteiger partial charge in [0.1, 0.15) is 0 Å². The summed E-state index contributed by atoms with van der Waals surface area (Å²) >= 11 is 0. The number of carbonyl (C=O) groups is 1. The Morgan fingerprint density at radius 2 is 1.88 bits per heavy atom. The number of fused-ring (bicyclic) bond motifs is 1. The number of carbonyl (C=O) groups excluding carboxylic acids is 1. The molecular formula is C20H21N3O. The molecule has 0 N–H and O–H groups in total. The zero-order valence-electron chi connectivity index (χ0n) is 13.9. The van der Waals surface area contributed by atoms with Crippen LogP contribution in [0.1, 0.15) is 24.5 Å². The van der Waals surface area contributed by atoms with Gasteiger partial charge in [-0.25, -0.2) is 5.01 Å². The van der Waals surface area contributed by atoms with Gasteiger partial charge in [0.25, 0.3) is 5.91 Å². The third-order valence-corrected chi connectivity index (χ3v) is 4.85. The molecule has 1 atom stereocenters. The van der Waals surface area contributed by atoms with E-state index in [0.29, 0.717) is 19.1 Å². The van der Waals surface area contributed by atoms with Crippen LogP contribution in [0.2, 0.25) is 0 Å². The summed E-state index contributed by atoms with van der Waals surface area (Å²) in [7, 11) is 0. The Bertz CT molecular complexity index is 784. The summed E-state index contributed by atoms with van der Waals surface area (Å²) < 4.78 is 0. The standard InChI is InChI=1S/C20H21N3O/c1-15-13-17-9-5-6-10-19(17)22(15)14-20(24)23-12-11-18(21-23)16-7-3-2-4-8-16/h2-10,15H,11-14H2,1H3/t15-/m0/s1. The molecule has 2 heterocycles. The van der Waals surface area contributed by atoms with E-state index in [9.17, 15) is 4.79 Å². The van der Waals surface area contributed by atoms with Crippen molar-refractivity contribution in [2.45, 2.75) is 25.8 Å². The normalized spacial score (nSPS) is 19.4. The first-order valence-electron chi connectivity index (χ1n) is 8.50. The lowest BCUT2D eigenvalue weighted by Gasteiger charge is -2.25. The van der Waals surface area contributed by atoms with Gasteiger partial charge in [0.2, 0.25) is 0 Å². The first kappa shape index (κ1) is 14.9. The molecule has 4 heteroatoms. The first-order valence-corrected chi connectivity index (χ1v) is 8.50. The third kappa shape index (κ3) is 2.68. The van der Waals surface area contributed by atoms with E-state index in [1.165, 1.54) is 11.3 Å². The van der Waals surface area contributed by atoms with Gasteiger partial charge in [-0.2, -0.15) is 5.10 Å². The molecule has 2 aliphatic heterocycles. The fourth-order valence-electron chi connectivity index (χ4n) is 3.57. The Balaban J connectivity index is 1.49. The highest BCUT2D eigenvalue weighted by molar-refractivity contribution is 6.02. The summed E-state index contributed by atoms with van der Waals surface area (Å²) in [5.74, 6) is 0.0736. The predicted octanol–water partition coefficient (Wildman–Crippen LogP) is 3.07. The van der Waals surface area contributed by atoms with Crippen molar-refractivity contribution < 1.29 is 4.79 Å². The highest BCUT2D eigenvalue weighted by Gasteiger charge is 2.30. The number of anilines is 1. The molecule has 2 aromatic rings. The van der Waals surface area contributed by atoms with Crippen molar-refractivity contribution >= 4 is 17.3 Å². The van der Waals surface area contributed by atoms with Gasteiger partial charge in [0, 0.05) is 18.2 Å². The maximum Gasteiger partial charge on any atom is 0.262 e. The molecule has 2 aliphatic rings. The number of hydrogen-bond donors (Lipinski definition) is 0. The van der Waals surface area contributed by atoms with Gasteiger partial charge in [0.05, 0.1) is 18.8 Å². The molecule has 0 bridgehead atoms.